The number of hydrogen-bond donors (Lipinski definition) is 1. The number of benzene rings is 2. The molecule has 0 unspecified atom stereocenters. The van der Waals surface area contributed by atoms with Gasteiger partial charge in [0.25, 0.3) is 0 Å². The molecule has 0 saturated heterocycles. The fourth-order valence-electron chi connectivity index (χ4n) is 3.06. The van der Waals surface area contributed by atoms with E-state index in [1.54, 1.807) is 23.3 Å². The van der Waals surface area contributed by atoms with Crippen LogP contribution in [0.25, 0.3) is 5.69 Å². The first kappa shape index (κ1) is 17.6. The molecule has 0 saturated carbocycles. The number of pyridine rings is 1. The second-order valence-electron chi connectivity index (χ2n) is 6.34. The van der Waals surface area contributed by atoms with Gasteiger partial charge in [0.2, 0.25) is 5.91 Å². The zero-order valence-corrected chi connectivity index (χ0v) is 15.1. The molecule has 138 valence electrons. The molecule has 6 heteroatoms. The second kappa shape index (κ2) is 8.26. The topological polar surface area (TPSA) is 72.7 Å². The standard InChI is InChI=1S/C22H19N5O/c28-22(21(17-8-3-1-4-9-17)18-10-5-2-6-11-18)24-14-19-16-27(26-25-19)20-12-7-13-23-15-20/h1-13,15-16,21H,14H2,(H,24,28). The van der Waals surface area contributed by atoms with Crippen LogP contribution in [0.5, 0.6) is 0 Å². The van der Waals surface area contributed by atoms with Gasteiger partial charge >= 0.3 is 0 Å². The summed E-state index contributed by atoms with van der Waals surface area (Å²) in [5.41, 5.74) is 3.39. The highest BCUT2D eigenvalue weighted by atomic mass is 16.1. The van der Waals surface area contributed by atoms with Crippen LogP contribution in [0.1, 0.15) is 22.7 Å². The van der Waals surface area contributed by atoms with Crippen molar-refractivity contribution >= 4 is 5.91 Å². The molecule has 4 aromatic rings. The summed E-state index contributed by atoms with van der Waals surface area (Å²) < 4.78 is 1.64. The molecule has 1 amide bonds. The Morgan fingerprint density at radius 1 is 0.929 bits per heavy atom. The van der Waals surface area contributed by atoms with Crippen LogP contribution in [0, 0.1) is 0 Å². The van der Waals surface area contributed by atoms with Gasteiger partial charge in [0.05, 0.1) is 30.5 Å². The van der Waals surface area contributed by atoms with Crippen molar-refractivity contribution in [3.8, 4) is 5.69 Å². The van der Waals surface area contributed by atoms with Crippen molar-refractivity contribution in [1.29, 1.82) is 0 Å². The molecule has 0 radical (unpaired) electrons. The number of carbonyl (C=O) groups is 1. The summed E-state index contributed by atoms with van der Waals surface area (Å²) in [6, 6.07) is 23.3. The lowest BCUT2D eigenvalue weighted by molar-refractivity contribution is -0.121. The average molecular weight is 369 g/mol. The van der Waals surface area contributed by atoms with Crippen LogP contribution < -0.4 is 5.32 Å². The lowest BCUT2D eigenvalue weighted by Gasteiger charge is -2.17. The van der Waals surface area contributed by atoms with Crippen molar-refractivity contribution in [2.24, 2.45) is 0 Å². The Kier molecular flexibility index (Phi) is 5.20. The number of rotatable bonds is 6. The Balaban J connectivity index is 1.50. The predicted octanol–water partition coefficient (Wildman–Crippen LogP) is 3.11. The monoisotopic (exact) mass is 369 g/mol. The van der Waals surface area contributed by atoms with Crippen LogP contribution in [0.2, 0.25) is 0 Å². The molecule has 6 nitrogen and oxygen atoms in total. The van der Waals surface area contributed by atoms with Crippen molar-refractivity contribution in [3.05, 3.63) is 108 Å². The summed E-state index contributed by atoms with van der Waals surface area (Å²) in [6.45, 7) is 0.301. The number of hydrogen-bond acceptors (Lipinski definition) is 4. The lowest BCUT2D eigenvalue weighted by Crippen LogP contribution is -2.29. The number of carbonyl (C=O) groups excluding carboxylic acids is 1. The van der Waals surface area contributed by atoms with Gasteiger partial charge in [0.1, 0.15) is 5.69 Å². The molecule has 0 atom stereocenters. The third-order valence-corrected chi connectivity index (χ3v) is 4.42. The highest BCUT2D eigenvalue weighted by Gasteiger charge is 2.22. The Bertz CT molecular complexity index is 993. The molecule has 2 aromatic carbocycles. The second-order valence-corrected chi connectivity index (χ2v) is 6.34. The Morgan fingerprint density at radius 2 is 1.61 bits per heavy atom. The van der Waals surface area contributed by atoms with Crippen molar-refractivity contribution in [3.63, 3.8) is 0 Å². The van der Waals surface area contributed by atoms with E-state index < -0.39 is 0 Å². The Hall–Kier alpha value is -3.80. The SMILES string of the molecule is O=C(NCc1cn(-c2cccnc2)nn1)C(c1ccccc1)c1ccccc1. The number of aromatic nitrogens is 4. The maximum absolute atomic E-state index is 13.0. The molecule has 0 aliphatic rings. The summed E-state index contributed by atoms with van der Waals surface area (Å²) in [5, 5.41) is 11.2. The van der Waals surface area contributed by atoms with Gasteiger partial charge in [-0.3, -0.25) is 9.78 Å². The van der Waals surface area contributed by atoms with Crippen LogP contribution in [-0.4, -0.2) is 25.9 Å². The predicted molar refractivity (Wildman–Crippen MR) is 106 cm³/mol. The van der Waals surface area contributed by atoms with Crippen LogP contribution in [0.15, 0.2) is 91.4 Å². The molecule has 0 aliphatic heterocycles. The van der Waals surface area contributed by atoms with Gasteiger partial charge in [-0.1, -0.05) is 65.9 Å². The molecule has 0 fully saturated rings. The number of amides is 1. The van der Waals surface area contributed by atoms with Crippen LogP contribution in [0.3, 0.4) is 0 Å². The summed E-state index contributed by atoms with van der Waals surface area (Å²) in [6.07, 6.45) is 5.20. The summed E-state index contributed by atoms with van der Waals surface area (Å²) >= 11 is 0. The Labute approximate surface area is 162 Å². The normalized spacial score (nSPS) is 10.8. The number of nitrogens with zero attached hydrogens (tertiary/aromatic N) is 4. The van der Waals surface area contributed by atoms with Crippen molar-refractivity contribution in [2.75, 3.05) is 0 Å². The third-order valence-electron chi connectivity index (χ3n) is 4.42. The molecular formula is C22H19N5O. The molecule has 2 heterocycles. The van der Waals surface area contributed by atoms with Gasteiger partial charge in [0.15, 0.2) is 0 Å². The number of nitrogens with one attached hydrogen (secondary N) is 1. The van der Waals surface area contributed by atoms with E-state index in [1.165, 1.54) is 0 Å². The van der Waals surface area contributed by atoms with Crippen molar-refractivity contribution in [2.45, 2.75) is 12.5 Å². The van der Waals surface area contributed by atoms with E-state index in [-0.39, 0.29) is 11.8 Å². The minimum atomic E-state index is -0.379. The zero-order chi connectivity index (χ0) is 19.2. The van der Waals surface area contributed by atoms with E-state index in [4.69, 9.17) is 0 Å². The lowest BCUT2D eigenvalue weighted by atomic mass is 9.90. The molecular weight excluding hydrogens is 350 g/mol. The molecule has 4 rings (SSSR count). The molecule has 2 aromatic heterocycles. The van der Waals surface area contributed by atoms with Crippen molar-refractivity contribution in [1.82, 2.24) is 25.3 Å². The smallest absolute Gasteiger partial charge is 0.232 e. The van der Waals surface area contributed by atoms with Crippen molar-refractivity contribution < 1.29 is 4.79 Å². The third kappa shape index (κ3) is 3.96. The largest absolute Gasteiger partial charge is 0.349 e. The van der Waals surface area contributed by atoms with Gasteiger partial charge in [-0.05, 0) is 23.3 Å². The van der Waals surface area contributed by atoms with Crippen LogP contribution >= 0.6 is 0 Å². The highest BCUT2D eigenvalue weighted by Crippen LogP contribution is 2.24. The van der Waals surface area contributed by atoms with E-state index >= 15 is 0 Å². The van der Waals surface area contributed by atoms with Gasteiger partial charge in [0, 0.05) is 6.20 Å². The quantitative estimate of drug-likeness (QED) is 0.567. The average Bonchev–Trinajstić information content (AvgIpc) is 3.24. The van der Waals surface area contributed by atoms with E-state index in [1.807, 2.05) is 72.8 Å². The first-order valence-corrected chi connectivity index (χ1v) is 9.00. The summed E-state index contributed by atoms with van der Waals surface area (Å²) in [5.74, 6) is -0.455. The van der Waals surface area contributed by atoms with Gasteiger partial charge in [-0.2, -0.15) is 0 Å². The first-order valence-electron chi connectivity index (χ1n) is 9.00. The van der Waals surface area contributed by atoms with E-state index in [9.17, 15) is 4.79 Å². The van der Waals surface area contributed by atoms with E-state index in [0.29, 0.717) is 12.2 Å². The summed E-state index contributed by atoms with van der Waals surface area (Å²) in [4.78, 5) is 17.1. The maximum Gasteiger partial charge on any atom is 0.232 e. The van der Waals surface area contributed by atoms with E-state index in [0.717, 1.165) is 16.8 Å². The molecule has 0 aliphatic carbocycles. The fraction of sp³-hybridized carbons (Fsp3) is 0.0909. The maximum atomic E-state index is 13.0. The van der Waals surface area contributed by atoms with Crippen LogP contribution in [-0.2, 0) is 11.3 Å². The van der Waals surface area contributed by atoms with Gasteiger partial charge < -0.3 is 5.32 Å². The first-order chi connectivity index (χ1) is 13.8. The Morgan fingerprint density at radius 3 is 2.21 bits per heavy atom. The molecule has 28 heavy (non-hydrogen) atoms. The molecule has 0 spiro atoms. The van der Waals surface area contributed by atoms with Gasteiger partial charge in [-0.15, -0.1) is 5.10 Å². The fourth-order valence-corrected chi connectivity index (χ4v) is 3.06. The zero-order valence-electron chi connectivity index (χ0n) is 15.1. The van der Waals surface area contributed by atoms with Gasteiger partial charge in [-0.25, -0.2) is 4.68 Å². The summed E-state index contributed by atoms with van der Waals surface area (Å²) in [7, 11) is 0. The van der Waals surface area contributed by atoms with Crippen LogP contribution in [0.4, 0.5) is 0 Å². The molecule has 1 N–H and O–H groups in total. The van der Waals surface area contributed by atoms with E-state index in [2.05, 4.69) is 20.6 Å². The minimum Gasteiger partial charge on any atom is -0.349 e. The molecule has 0 bridgehead atoms. The highest BCUT2D eigenvalue weighted by molar-refractivity contribution is 5.87. The minimum absolute atomic E-state index is 0.0756.